The zero-order valence-corrected chi connectivity index (χ0v) is 10.5. The molecule has 0 aliphatic carbocycles. The average molecular weight is 248 g/mol. The smallest absolute Gasteiger partial charge is 0.223 e. The van der Waals surface area contributed by atoms with E-state index in [2.05, 4.69) is 15.1 Å². The number of aromatic nitrogens is 3. The molecule has 2 N–H and O–H groups in total. The normalized spacial score (nSPS) is 12.4. The van der Waals surface area contributed by atoms with E-state index in [1.807, 2.05) is 19.1 Å². The monoisotopic (exact) mass is 248 g/mol. The highest BCUT2D eigenvalue weighted by Crippen LogP contribution is 2.11. The first-order chi connectivity index (χ1) is 8.63. The molecule has 1 atom stereocenters. The van der Waals surface area contributed by atoms with Crippen LogP contribution >= 0.6 is 0 Å². The van der Waals surface area contributed by atoms with Gasteiger partial charge in [0.25, 0.3) is 0 Å². The summed E-state index contributed by atoms with van der Waals surface area (Å²) in [7, 11) is 0. The summed E-state index contributed by atoms with van der Waals surface area (Å²) in [5.41, 5.74) is 6.65. The van der Waals surface area contributed by atoms with Crippen molar-refractivity contribution in [3.63, 3.8) is 0 Å². The highest BCUT2D eigenvalue weighted by molar-refractivity contribution is 5.20. The zero-order valence-electron chi connectivity index (χ0n) is 10.5. The molecule has 6 nitrogen and oxygen atoms in total. The highest BCUT2D eigenvalue weighted by Gasteiger charge is 2.04. The third-order valence-corrected chi connectivity index (χ3v) is 2.27. The lowest BCUT2D eigenvalue weighted by Gasteiger charge is -2.06. The van der Waals surface area contributed by atoms with Crippen LogP contribution in [0.25, 0.3) is 0 Å². The van der Waals surface area contributed by atoms with Crippen molar-refractivity contribution in [3.8, 4) is 5.75 Å². The largest absolute Gasteiger partial charge is 0.484 e. The third kappa shape index (κ3) is 3.53. The van der Waals surface area contributed by atoms with Crippen molar-refractivity contribution in [2.24, 2.45) is 5.73 Å². The second-order valence-corrected chi connectivity index (χ2v) is 4.18. The van der Waals surface area contributed by atoms with Gasteiger partial charge in [0.2, 0.25) is 11.7 Å². The van der Waals surface area contributed by atoms with Crippen LogP contribution in [0.5, 0.6) is 5.75 Å². The molecule has 0 bridgehead atoms. The van der Waals surface area contributed by atoms with Crippen LogP contribution in [0.3, 0.4) is 0 Å². The van der Waals surface area contributed by atoms with Gasteiger partial charge in [-0.15, -0.1) is 0 Å². The molecule has 0 amide bonds. The Labute approximate surface area is 105 Å². The van der Waals surface area contributed by atoms with E-state index in [0.29, 0.717) is 17.5 Å². The first-order valence-corrected chi connectivity index (χ1v) is 5.76. The van der Waals surface area contributed by atoms with Gasteiger partial charge < -0.3 is 15.0 Å². The Bertz CT molecular complexity index is 493. The van der Waals surface area contributed by atoms with Gasteiger partial charge in [0.05, 0.1) is 6.20 Å². The van der Waals surface area contributed by atoms with Crippen LogP contribution in [0.2, 0.25) is 0 Å². The molecule has 2 rings (SSSR count). The summed E-state index contributed by atoms with van der Waals surface area (Å²) in [6.45, 7) is 3.96. The number of pyridine rings is 1. The summed E-state index contributed by atoms with van der Waals surface area (Å²) in [4.78, 5) is 8.31. The Balaban J connectivity index is 1.90. The lowest BCUT2D eigenvalue weighted by atomic mass is 10.2. The van der Waals surface area contributed by atoms with Gasteiger partial charge in [-0.05, 0) is 19.1 Å². The van der Waals surface area contributed by atoms with Crippen LogP contribution in [0.15, 0.2) is 22.9 Å². The van der Waals surface area contributed by atoms with Gasteiger partial charge in [-0.25, -0.2) is 0 Å². The maximum Gasteiger partial charge on any atom is 0.223 e. The molecule has 1 unspecified atom stereocenters. The fourth-order valence-electron chi connectivity index (χ4n) is 1.49. The summed E-state index contributed by atoms with van der Waals surface area (Å²) in [5, 5.41) is 3.74. The van der Waals surface area contributed by atoms with Gasteiger partial charge in [0.15, 0.2) is 6.61 Å². The molecule has 6 heteroatoms. The van der Waals surface area contributed by atoms with Crippen LogP contribution in [0.1, 0.15) is 24.3 Å². The van der Waals surface area contributed by atoms with Crippen LogP contribution in [0.4, 0.5) is 0 Å². The molecule has 0 spiro atoms. The predicted molar refractivity (Wildman–Crippen MR) is 65.0 cm³/mol. The lowest BCUT2D eigenvalue weighted by Crippen LogP contribution is -2.18. The van der Waals surface area contributed by atoms with Crippen LogP contribution in [-0.4, -0.2) is 21.2 Å². The van der Waals surface area contributed by atoms with Gasteiger partial charge in [0, 0.05) is 25.1 Å². The van der Waals surface area contributed by atoms with Crippen molar-refractivity contribution in [1.29, 1.82) is 0 Å². The van der Waals surface area contributed by atoms with Gasteiger partial charge in [0.1, 0.15) is 5.75 Å². The molecule has 0 aliphatic rings. The molecule has 18 heavy (non-hydrogen) atoms. The fourth-order valence-corrected chi connectivity index (χ4v) is 1.49. The Morgan fingerprint density at radius 1 is 1.44 bits per heavy atom. The topological polar surface area (TPSA) is 87.1 Å². The second kappa shape index (κ2) is 5.59. The molecule has 2 aromatic rings. The maximum absolute atomic E-state index is 5.70. The summed E-state index contributed by atoms with van der Waals surface area (Å²) >= 11 is 0. The molecule has 0 aromatic carbocycles. The minimum Gasteiger partial charge on any atom is -0.484 e. The van der Waals surface area contributed by atoms with E-state index in [1.165, 1.54) is 0 Å². The van der Waals surface area contributed by atoms with Gasteiger partial charge in [-0.2, -0.15) is 4.98 Å². The first-order valence-electron chi connectivity index (χ1n) is 5.76. The van der Waals surface area contributed by atoms with Crippen molar-refractivity contribution in [2.45, 2.75) is 32.9 Å². The summed E-state index contributed by atoms with van der Waals surface area (Å²) in [6, 6.07) is 3.87. The number of ether oxygens (including phenoxy) is 1. The van der Waals surface area contributed by atoms with Gasteiger partial charge in [-0.3, -0.25) is 4.98 Å². The molecule has 0 aliphatic heterocycles. The summed E-state index contributed by atoms with van der Waals surface area (Å²) < 4.78 is 10.3. The number of aryl methyl sites for hydroxylation is 1. The lowest BCUT2D eigenvalue weighted by molar-refractivity contribution is 0.284. The second-order valence-electron chi connectivity index (χ2n) is 4.18. The van der Waals surface area contributed by atoms with E-state index in [1.54, 1.807) is 13.1 Å². The van der Waals surface area contributed by atoms with E-state index in [0.717, 1.165) is 12.1 Å². The number of hydrogen-bond donors (Lipinski definition) is 1. The van der Waals surface area contributed by atoms with E-state index in [9.17, 15) is 0 Å². The molecular weight excluding hydrogens is 232 g/mol. The first kappa shape index (κ1) is 12.5. The number of hydrogen-bond acceptors (Lipinski definition) is 6. The number of rotatable bonds is 5. The van der Waals surface area contributed by atoms with Crippen molar-refractivity contribution in [3.05, 3.63) is 35.7 Å². The molecule has 2 heterocycles. The minimum absolute atomic E-state index is 0.103. The summed E-state index contributed by atoms with van der Waals surface area (Å²) in [6.07, 6.45) is 2.43. The zero-order chi connectivity index (χ0) is 13.0. The SMILES string of the molecule is Cc1nc(COc2ccc(CC(C)N)nc2)no1. The van der Waals surface area contributed by atoms with Crippen LogP contribution < -0.4 is 10.5 Å². The molecular formula is C12H16N4O2. The average Bonchev–Trinajstić information content (AvgIpc) is 2.74. The molecule has 0 fully saturated rings. The fraction of sp³-hybridized carbons (Fsp3) is 0.417. The Morgan fingerprint density at radius 2 is 2.28 bits per heavy atom. The van der Waals surface area contributed by atoms with E-state index < -0.39 is 0 Å². The van der Waals surface area contributed by atoms with Crippen molar-refractivity contribution < 1.29 is 9.26 Å². The molecule has 96 valence electrons. The van der Waals surface area contributed by atoms with Crippen molar-refractivity contribution in [1.82, 2.24) is 15.1 Å². The van der Waals surface area contributed by atoms with E-state index in [4.69, 9.17) is 15.0 Å². The van der Waals surface area contributed by atoms with Gasteiger partial charge in [-0.1, -0.05) is 5.16 Å². The van der Waals surface area contributed by atoms with Crippen LogP contribution in [-0.2, 0) is 13.0 Å². The van der Waals surface area contributed by atoms with Crippen molar-refractivity contribution >= 4 is 0 Å². The quantitative estimate of drug-likeness (QED) is 0.856. The third-order valence-electron chi connectivity index (χ3n) is 2.27. The highest BCUT2D eigenvalue weighted by atomic mass is 16.5. The van der Waals surface area contributed by atoms with E-state index in [-0.39, 0.29) is 12.6 Å². The standard InChI is InChI=1S/C12H16N4O2/c1-8(13)5-10-3-4-11(6-14-10)17-7-12-15-9(2)18-16-12/h3-4,6,8H,5,7,13H2,1-2H3. The Kier molecular flexibility index (Phi) is 3.88. The van der Waals surface area contributed by atoms with Gasteiger partial charge >= 0.3 is 0 Å². The Morgan fingerprint density at radius 3 is 2.83 bits per heavy atom. The van der Waals surface area contributed by atoms with Crippen LogP contribution in [0, 0.1) is 6.92 Å². The summed E-state index contributed by atoms with van der Waals surface area (Å²) in [5.74, 6) is 1.72. The number of nitrogens with two attached hydrogens (primary N) is 1. The minimum atomic E-state index is 0.103. The van der Waals surface area contributed by atoms with Crippen molar-refractivity contribution in [2.75, 3.05) is 0 Å². The molecule has 0 saturated heterocycles. The molecule has 0 saturated carbocycles. The molecule has 2 aromatic heterocycles. The predicted octanol–water partition coefficient (Wildman–Crippen LogP) is 1.24. The van der Waals surface area contributed by atoms with E-state index >= 15 is 0 Å². The molecule has 0 radical (unpaired) electrons. The Hall–Kier alpha value is -1.95. The number of nitrogens with zero attached hydrogens (tertiary/aromatic N) is 3. The maximum atomic E-state index is 5.70.